The van der Waals surface area contributed by atoms with E-state index in [-0.39, 0.29) is 5.57 Å². The Morgan fingerprint density at radius 1 is 1.19 bits per heavy atom. The van der Waals surface area contributed by atoms with Gasteiger partial charge in [0.2, 0.25) is 0 Å². The Morgan fingerprint density at radius 3 is 2.67 bits per heavy atom. The Labute approximate surface area is 170 Å². The van der Waals surface area contributed by atoms with Crippen molar-refractivity contribution in [2.45, 2.75) is 6.54 Å². The highest BCUT2D eigenvalue weighted by molar-refractivity contribution is 9.10. The molecule has 1 aromatic heterocycles. The zero-order chi connectivity index (χ0) is 19.2. The molecule has 1 heterocycles. The first kappa shape index (κ1) is 19.0. The molecule has 0 saturated heterocycles. The molecule has 134 valence electrons. The smallest absolute Gasteiger partial charge is 0.262 e. The number of nitrogens with zero attached hydrogens (tertiary/aromatic N) is 1. The minimum atomic E-state index is -0.453. The fourth-order valence-corrected chi connectivity index (χ4v) is 2.83. The summed E-state index contributed by atoms with van der Waals surface area (Å²) in [5.41, 5.74) is 1.73. The van der Waals surface area contributed by atoms with E-state index >= 15 is 0 Å². The zero-order valence-electron chi connectivity index (χ0n) is 14.1. The van der Waals surface area contributed by atoms with Crippen molar-refractivity contribution in [3.05, 3.63) is 87.1 Å². The van der Waals surface area contributed by atoms with Crippen LogP contribution in [0.4, 0.5) is 0 Å². The molecule has 0 aliphatic carbocycles. The molecule has 3 aromatic rings. The molecule has 0 fully saturated rings. The third-order valence-corrected chi connectivity index (χ3v) is 5.01. The average Bonchev–Trinajstić information content (AvgIpc) is 3.16. The third-order valence-electron chi connectivity index (χ3n) is 3.78. The number of hydrogen-bond acceptors (Lipinski definition) is 3. The first-order valence-corrected chi connectivity index (χ1v) is 9.23. The summed E-state index contributed by atoms with van der Waals surface area (Å²) in [5, 5.41) is 12.6. The second kappa shape index (κ2) is 8.72. The summed E-state index contributed by atoms with van der Waals surface area (Å²) in [6, 6.07) is 20.3. The highest BCUT2D eigenvalue weighted by Gasteiger charge is 2.11. The number of amides is 1. The third kappa shape index (κ3) is 4.88. The second-order valence-electron chi connectivity index (χ2n) is 5.67. The van der Waals surface area contributed by atoms with Gasteiger partial charge in [0.05, 0.1) is 5.02 Å². The van der Waals surface area contributed by atoms with E-state index in [1.165, 1.54) is 6.08 Å². The van der Waals surface area contributed by atoms with Gasteiger partial charge in [0.25, 0.3) is 5.91 Å². The first-order valence-electron chi connectivity index (χ1n) is 8.06. The predicted molar refractivity (Wildman–Crippen MR) is 109 cm³/mol. The van der Waals surface area contributed by atoms with Crippen LogP contribution in [0.3, 0.4) is 0 Å². The summed E-state index contributed by atoms with van der Waals surface area (Å²) in [6.45, 7) is 0.347. The van der Waals surface area contributed by atoms with E-state index in [2.05, 4.69) is 21.2 Å². The number of rotatable bonds is 5. The van der Waals surface area contributed by atoms with Gasteiger partial charge in [-0.3, -0.25) is 4.79 Å². The van der Waals surface area contributed by atoms with Crippen molar-refractivity contribution in [3.8, 4) is 17.4 Å². The Kier molecular flexibility index (Phi) is 6.12. The summed E-state index contributed by atoms with van der Waals surface area (Å²) < 4.78 is 6.52. The number of nitriles is 1. The van der Waals surface area contributed by atoms with Gasteiger partial charge in [-0.25, -0.2) is 0 Å². The molecule has 27 heavy (non-hydrogen) atoms. The van der Waals surface area contributed by atoms with Gasteiger partial charge in [-0.1, -0.05) is 48.0 Å². The fourth-order valence-electron chi connectivity index (χ4n) is 2.40. The Bertz CT molecular complexity index is 1040. The van der Waals surface area contributed by atoms with Gasteiger partial charge < -0.3 is 9.73 Å². The van der Waals surface area contributed by atoms with Crippen LogP contribution in [0.1, 0.15) is 11.3 Å². The molecular weight excluding hydrogens is 428 g/mol. The van der Waals surface area contributed by atoms with E-state index in [0.717, 1.165) is 15.6 Å². The lowest BCUT2D eigenvalue weighted by Crippen LogP contribution is -2.23. The van der Waals surface area contributed by atoms with Crippen molar-refractivity contribution in [3.63, 3.8) is 0 Å². The maximum absolute atomic E-state index is 12.2. The molecule has 1 amide bonds. The van der Waals surface area contributed by atoms with Crippen molar-refractivity contribution < 1.29 is 9.21 Å². The number of hydrogen-bond donors (Lipinski definition) is 1. The molecule has 0 radical (unpaired) electrons. The first-order chi connectivity index (χ1) is 13.1. The normalized spacial score (nSPS) is 11.1. The summed E-state index contributed by atoms with van der Waals surface area (Å²) in [4.78, 5) is 12.2. The van der Waals surface area contributed by atoms with E-state index in [9.17, 15) is 10.1 Å². The number of halogens is 2. The molecule has 4 nitrogen and oxygen atoms in total. The average molecular weight is 442 g/mol. The number of carbonyl (C=O) groups excluding carboxylic acids is 1. The van der Waals surface area contributed by atoms with E-state index in [4.69, 9.17) is 16.0 Å². The number of carbonyl (C=O) groups is 1. The molecule has 0 unspecified atom stereocenters. The predicted octanol–water partition coefficient (Wildman–Crippen LogP) is 5.59. The van der Waals surface area contributed by atoms with Gasteiger partial charge in [0.15, 0.2) is 0 Å². The maximum Gasteiger partial charge on any atom is 0.262 e. The molecule has 0 saturated carbocycles. The molecular formula is C21H14BrClN2O2. The van der Waals surface area contributed by atoms with Crippen LogP contribution in [0.2, 0.25) is 5.02 Å². The zero-order valence-corrected chi connectivity index (χ0v) is 16.4. The molecule has 0 atom stereocenters. The minimum absolute atomic E-state index is 0.0272. The number of furan rings is 1. The standard InChI is InChI=1S/C21H14BrClN2O2/c22-18-8-6-15(11-19(18)23)20-9-7-17(27-20)10-16(12-24)21(26)25-13-14-4-2-1-3-5-14/h1-11H,13H2,(H,25,26)/b16-10-. The van der Waals surface area contributed by atoms with E-state index in [0.29, 0.717) is 23.1 Å². The maximum atomic E-state index is 12.2. The fraction of sp³-hybridized carbons (Fsp3) is 0.0476. The Hall–Kier alpha value is -2.81. The highest BCUT2D eigenvalue weighted by Crippen LogP contribution is 2.30. The summed E-state index contributed by atoms with van der Waals surface area (Å²) in [6.07, 6.45) is 1.42. The second-order valence-corrected chi connectivity index (χ2v) is 6.93. The molecule has 6 heteroatoms. The lowest BCUT2D eigenvalue weighted by atomic mass is 10.2. The van der Waals surface area contributed by atoms with E-state index < -0.39 is 5.91 Å². The van der Waals surface area contributed by atoms with Crippen molar-refractivity contribution >= 4 is 39.5 Å². The van der Waals surface area contributed by atoms with Crippen LogP contribution in [0.5, 0.6) is 0 Å². The van der Waals surface area contributed by atoms with Crippen LogP contribution >= 0.6 is 27.5 Å². The summed E-state index contributed by atoms with van der Waals surface area (Å²) in [7, 11) is 0. The summed E-state index contributed by atoms with van der Waals surface area (Å²) in [5.74, 6) is 0.555. The van der Waals surface area contributed by atoms with E-state index in [1.807, 2.05) is 48.5 Å². The van der Waals surface area contributed by atoms with Crippen molar-refractivity contribution in [2.75, 3.05) is 0 Å². The van der Waals surface area contributed by atoms with Crippen LogP contribution in [-0.2, 0) is 11.3 Å². The molecule has 0 bridgehead atoms. The van der Waals surface area contributed by atoms with Gasteiger partial charge in [-0.2, -0.15) is 5.26 Å². The molecule has 1 N–H and O–H groups in total. The molecule has 0 aliphatic heterocycles. The topological polar surface area (TPSA) is 66.0 Å². The highest BCUT2D eigenvalue weighted by atomic mass is 79.9. The molecule has 0 aliphatic rings. The SMILES string of the molecule is N#C/C(=C/c1ccc(-c2ccc(Br)c(Cl)c2)o1)C(=O)NCc1ccccc1. The van der Waals surface area contributed by atoms with Crippen molar-refractivity contribution in [1.82, 2.24) is 5.32 Å². The van der Waals surface area contributed by atoms with Gasteiger partial charge in [0.1, 0.15) is 23.2 Å². The lowest BCUT2D eigenvalue weighted by molar-refractivity contribution is -0.117. The van der Waals surface area contributed by atoms with Gasteiger partial charge in [0, 0.05) is 22.7 Å². The van der Waals surface area contributed by atoms with Crippen LogP contribution in [0.25, 0.3) is 17.4 Å². The number of benzene rings is 2. The molecule has 2 aromatic carbocycles. The summed E-state index contributed by atoms with van der Waals surface area (Å²) >= 11 is 9.45. The quantitative estimate of drug-likeness (QED) is 0.415. The van der Waals surface area contributed by atoms with Gasteiger partial charge >= 0.3 is 0 Å². The van der Waals surface area contributed by atoms with Crippen LogP contribution in [0.15, 0.2) is 75.1 Å². The Balaban J connectivity index is 1.74. The number of nitrogens with one attached hydrogen (secondary N) is 1. The van der Waals surface area contributed by atoms with Gasteiger partial charge in [-0.15, -0.1) is 0 Å². The van der Waals surface area contributed by atoms with Crippen LogP contribution < -0.4 is 5.32 Å². The van der Waals surface area contributed by atoms with E-state index in [1.54, 1.807) is 18.2 Å². The molecule has 3 rings (SSSR count). The van der Waals surface area contributed by atoms with Gasteiger partial charge in [-0.05, 0) is 45.8 Å². The molecule has 0 spiro atoms. The van der Waals surface area contributed by atoms with Crippen LogP contribution in [0, 0.1) is 11.3 Å². The monoisotopic (exact) mass is 440 g/mol. The largest absolute Gasteiger partial charge is 0.457 e. The van der Waals surface area contributed by atoms with Crippen molar-refractivity contribution in [2.24, 2.45) is 0 Å². The van der Waals surface area contributed by atoms with Crippen molar-refractivity contribution in [1.29, 1.82) is 5.26 Å². The minimum Gasteiger partial charge on any atom is -0.457 e. The Morgan fingerprint density at radius 2 is 1.96 bits per heavy atom. The van der Waals surface area contributed by atoms with Crippen LogP contribution in [-0.4, -0.2) is 5.91 Å². The lowest BCUT2D eigenvalue weighted by Gasteiger charge is -2.04.